The van der Waals surface area contributed by atoms with Crippen LogP contribution in [0.15, 0.2) is 18.2 Å². The molecular formula is C16H20ClNO2. The smallest absolute Gasteiger partial charge is 0.251 e. The molecule has 0 fully saturated rings. The molecule has 0 aliphatic heterocycles. The van der Waals surface area contributed by atoms with Crippen LogP contribution in [0.5, 0.6) is 0 Å². The first-order chi connectivity index (χ1) is 9.58. The summed E-state index contributed by atoms with van der Waals surface area (Å²) in [4.78, 5) is 12.0. The standard InChI is InChI=1S/C16H20ClNO2/c1-3-12(2)11-18-16(20)14-8-7-13(15(17)10-14)6-4-5-9-19/h7-8,10,12,19H,3,5,9,11H2,1-2H3,(H,18,20). The van der Waals surface area contributed by atoms with Crippen molar-refractivity contribution in [3.63, 3.8) is 0 Å². The maximum atomic E-state index is 12.0. The molecule has 0 bridgehead atoms. The maximum absolute atomic E-state index is 12.0. The van der Waals surface area contributed by atoms with E-state index in [1.807, 2.05) is 0 Å². The quantitative estimate of drug-likeness (QED) is 0.820. The third kappa shape index (κ3) is 5.24. The molecule has 0 aromatic heterocycles. The molecule has 3 nitrogen and oxygen atoms in total. The fraction of sp³-hybridized carbons (Fsp3) is 0.438. The number of rotatable bonds is 5. The van der Waals surface area contributed by atoms with Crippen molar-refractivity contribution in [2.45, 2.75) is 26.7 Å². The number of amides is 1. The summed E-state index contributed by atoms with van der Waals surface area (Å²) >= 11 is 6.10. The summed E-state index contributed by atoms with van der Waals surface area (Å²) in [5.74, 6) is 6.00. The van der Waals surface area contributed by atoms with Gasteiger partial charge in [0.2, 0.25) is 0 Å². The van der Waals surface area contributed by atoms with Gasteiger partial charge in [0, 0.05) is 24.1 Å². The van der Waals surface area contributed by atoms with Gasteiger partial charge in [-0.25, -0.2) is 0 Å². The number of aliphatic hydroxyl groups excluding tert-OH is 1. The van der Waals surface area contributed by atoms with Crippen molar-refractivity contribution >= 4 is 17.5 Å². The van der Waals surface area contributed by atoms with Crippen molar-refractivity contribution in [1.29, 1.82) is 0 Å². The van der Waals surface area contributed by atoms with Gasteiger partial charge in [0.25, 0.3) is 5.91 Å². The molecular weight excluding hydrogens is 274 g/mol. The number of carbonyl (C=O) groups excluding carboxylic acids is 1. The van der Waals surface area contributed by atoms with E-state index in [2.05, 4.69) is 31.0 Å². The molecule has 0 radical (unpaired) electrons. The van der Waals surface area contributed by atoms with Crippen LogP contribution in [0, 0.1) is 17.8 Å². The third-order valence-electron chi connectivity index (χ3n) is 3.00. The molecule has 0 saturated carbocycles. The third-order valence-corrected chi connectivity index (χ3v) is 3.31. The predicted molar refractivity (Wildman–Crippen MR) is 81.8 cm³/mol. The Balaban J connectivity index is 2.72. The summed E-state index contributed by atoms with van der Waals surface area (Å²) < 4.78 is 0. The van der Waals surface area contributed by atoms with E-state index < -0.39 is 0 Å². The summed E-state index contributed by atoms with van der Waals surface area (Å²) in [5.41, 5.74) is 1.20. The molecule has 1 rings (SSSR count). The molecule has 1 atom stereocenters. The van der Waals surface area contributed by atoms with Crippen LogP contribution >= 0.6 is 11.6 Å². The molecule has 0 saturated heterocycles. The molecule has 1 aromatic carbocycles. The fourth-order valence-electron chi connectivity index (χ4n) is 1.48. The lowest BCUT2D eigenvalue weighted by atomic mass is 10.1. The van der Waals surface area contributed by atoms with E-state index in [1.54, 1.807) is 18.2 Å². The predicted octanol–water partition coefficient (Wildman–Crippen LogP) is 2.85. The van der Waals surface area contributed by atoms with Gasteiger partial charge < -0.3 is 10.4 Å². The van der Waals surface area contributed by atoms with Gasteiger partial charge in [-0.15, -0.1) is 0 Å². The summed E-state index contributed by atoms with van der Waals surface area (Å²) in [7, 11) is 0. The number of hydrogen-bond donors (Lipinski definition) is 2. The van der Waals surface area contributed by atoms with Crippen LogP contribution in [0.25, 0.3) is 0 Å². The number of nitrogens with one attached hydrogen (secondary N) is 1. The zero-order valence-corrected chi connectivity index (χ0v) is 12.6. The van der Waals surface area contributed by atoms with Gasteiger partial charge in [-0.05, 0) is 24.1 Å². The van der Waals surface area contributed by atoms with Crippen molar-refractivity contribution < 1.29 is 9.90 Å². The van der Waals surface area contributed by atoms with Crippen LogP contribution in [0.2, 0.25) is 5.02 Å². The highest BCUT2D eigenvalue weighted by Crippen LogP contribution is 2.17. The minimum Gasteiger partial charge on any atom is -0.395 e. The lowest BCUT2D eigenvalue weighted by Gasteiger charge is -2.10. The largest absolute Gasteiger partial charge is 0.395 e. The van der Waals surface area contributed by atoms with Crippen molar-refractivity contribution in [3.8, 4) is 11.8 Å². The fourth-order valence-corrected chi connectivity index (χ4v) is 1.71. The van der Waals surface area contributed by atoms with E-state index in [0.29, 0.717) is 35.0 Å². The summed E-state index contributed by atoms with van der Waals surface area (Å²) in [6.07, 6.45) is 1.44. The van der Waals surface area contributed by atoms with Gasteiger partial charge in [0.05, 0.1) is 11.6 Å². The van der Waals surface area contributed by atoms with Crippen LogP contribution in [0.1, 0.15) is 42.6 Å². The number of hydrogen-bond acceptors (Lipinski definition) is 2. The highest BCUT2D eigenvalue weighted by atomic mass is 35.5. The summed E-state index contributed by atoms with van der Waals surface area (Å²) in [6, 6.07) is 5.06. The Hall–Kier alpha value is -1.50. The van der Waals surface area contributed by atoms with Gasteiger partial charge in [0.15, 0.2) is 0 Å². The average molecular weight is 294 g/mol. The Morgan fingerprint density at radius 2 is 2.25 bits per heavy atom. The van der Waals surface area contributed by atoms with Gasteiger partial charge >= 0.3 is 0 Å². The molecule has 4 heteroatoms. The van der Waals surface area contributed by atoms with Crippen LogP contribution in [-0.4, -0.2) is 24.2 Å². The summed E-state index contributed by atoms with van der Waals surface area (Å²) in [5, 5.41) is 12.0. The zero-order valence-electron chi connectivity index (χ0n) is 11.9. The second-order valence-electron chi connectivity index (χ2n) is 4.69. The van der Waals surface area contributed by atoms with Gasteiger partial charge in [-0.3, -0.25) is 4.79 Å². The number of halogens is 1. The molecule has 2 N–H and O–H groups in total. The van der Waals surface area contributed by atoms with Crippen LogP contribution in [0.3, 0.4) is 0 Å². The first-order valence-electron chi connectivity index (χ1n) is 6.76. The van der Waals surface area contributed by atoms with E-state index in [4.69, 9.17) is 16.7 Å². The number of carbonyl (C=O) groups is 1. The second kappa shape index (κ2) is 8.63. The highest BCUT2D eigenvalue weighted by Gasteiger charge is 2.08. The Labute approximate surface area is 125 Å². The molecule has 1 amide bonds. The molecule has 1 aromatic rings. The van der Waals surface area contributed by atoms with Crippen LogP contribution in [0.4, 0.5) is 0 Å². The van der Waals surface area contributed by atoms with Gasteiger partial charge in [0.1, 0.15) is 0 Å². The van der Waals surface area contributed by atoms with E-state index in [-0.39, 0.29) is 12.5 Å². The normalized spacial score (nSPS) is 11.4. The summed E-state index contributed by atoms with van der Waals surface area (Å²) in [6.45, 7) is 4.87. The van der Waals surface area contributed by atoms with Crippen molar-refractivity contribution in [2.75, 3.05) is 13.2 Å². The lowest BCUT2D eigenvalue weighted by molar-refractivity contribution is 0.0948. The molecule has 0 aliphatic rings. The lowest BCUT2D eigenvalue weighted by Crippen LogP contribution is -2.28. The topological polar surface area (TPSA) is 49.3 Å². The Morgan fingerprint density at radius 3 is 2.85 bits per heavy atom. The number of aliphatic hydroxyl groups is 1. The molecule has 20 heavy (non-hydrogen) atoms. The van der Waals surface area contributed by atoms with Crippen molar-refractivity contribution in [1.82, 2.24) is 5.32 Å². The zero-order chi connectivity index (χ0) is 15.0. The molecule has 1 unspecified atom stereocenters. The SMILES string of the molecule is CCC(C)CNC(=O)c1ccc(C#CCCO)c(Cl)c1. The first kappa shape index (κ1) is 16.6. The Kier molecular flexibility index (Phi) is 7.14. The molecule has 108 valence electrons. The average Bonchev–Trinajstić information content (AvgIpc) is 2.46. The Bertz CT molecular complexity index is 517. The van der Waals surface area contributed by atoms with Crippen molar-refractivity contribution in [3.05, 3.63) is 34.3 Å². The van der Waals surface area contributed by atoms with Crippen molar-refractivity contribution in [2.24, 2.45) is 5.92 Å². The van der Waals surface area contributed by atoms with Gasteiger partial charge in [-0.2, -0.15) is 0 Å². The number of benzene rings is 1. The van der Waals surface area contributed by atoms with Gasteiger partial charge in [-0.1, -0.05) is 43.7 Å². The molecule has 0 heterocycles. The minimum atomic E-state index is -0.123. The maximum Gasteiger partial charge on any atom is 0.251 e. The first-order valence-corrected chi connectivity index (χ1v) is 7.13. The molecule has 0 aliphatic carbocycles. The molecule has 0 spiro atoms. The van der Waals surface area contributed by atoms with E-state index in [0.717, 1.165) is 6.42 Å². The van der Waals surface area contributed by atoms with Crippen LogP contribution < -0.4 is 5.32 Å². The Morgan fingerprint density at radius 1 is 1.50 bits per heavy atom. The second-order valence-corrected chi connectivity index (χ2v) is 5.10. The minimum absolute atomic E-state index is 0.0285. The highest BCUT2D eigenvalue weighted by molar-refractivity contribution is 6.32. The van der Waals surface area contributed by atoms with Crippen LogP contribution in [-0.2, 0) is 0 Å². The monoisotopic (exact) mass is 293 g/mol. The van der Waals surface area contributed by atoms with E-state index >= 15 is 0 Å². The van der Waals surface area contributed by atoms with E-state index in [1.165, 1.54) is 0 Å². The van der Waals surface area contributed by atoms with E-state index in [9.17, 15) is 4.79 Å².